The van der Waals surface area contributed by atoms with Crippen LogP contribution in [0.4, 0.5) is 30.5 Å². The number of hydrogen-bond donors (Lipinski definition) is 2. The number of rotatable bonds is 5. The monoisotopic (exact) mass is 438 g/mol. The first-order valence-electron chi connectivity index (χ1n) is 9.19. The van der Waals surface area contributed by atoms with Crippen LogP contribution in [-0.4, -0.2) is 47.7 Å². The van der Waals surface area contributed by atoms with Gasteiger partial charge in [-0.05, 0) is 24.6 Å². The molecule has 1 saturated heterocycles. The van der Waals surface area contributed by atoms with E-state index in [0.717, 1.165) is 13.0 Å². The van der Waals surface area contributed by atoms with Gasteiger partial charge in [0, 0.05) is 19.3 Å². The number of carbonyl (C=O) groups is 1. The van der Waals surface area contributed by atoms with E-state index in [-0.39, 0.29) is 16.8 Å². The van der Waals surface area contributed by atoms with Gasteiger partial charge in [-0.2, -0.15) is 13.2 Å². The Labute approximate surface area is 175 Å². The van der Waals surface area contributed by atoms with Crippen molar-refractivity contribution in [3.63, 3.8) is 0 Å². The molecule has 0 unspecified atom stereocenters. The Morgan fingerprint density at radius 1 is 1.37 bits per heavy atom. The van der Waals surface area contributed by atoms with E-state index in [1.54, 1.807) is 24.4 Å². The SMILES string of the molecule is C=C(Nc1ccccn1)N1c2nc(C(=O)NCC(F)(F)F)c(Cl)cc2N2CC[C@H]1C2. The molecule has 7 nitrogen and oxygen atoms in total. The Balaban J connectivity index is 1.66. The molecule has 0 radical (unpaired) electrons. The van der Waals surface area contributed by atoms with Crippen LogP contribution >= 0.6 is 11.6 Å². The number of halogens is 4. The molecule has 2 N–H and O–H groups in total. The van der Waals surface area contributed by atoms with Gasteiger partial charge in [-0.1, -0.05) is 24.2 Å². The van der Waals surface area contributed by atoms with Crippen molar-refractivity contribution < 1.29 is 18.0 Å². The normalized spacial score (nSPS) is 17.5. The van der Waals surface area contributed by atoms with Crippen molar-refractivity contribution in [2.45, 2.75) is 18.6 Å². The Morgan fingerprint density at radius 2 is 2.17 bits per heavy atom. The third kappa shape index (κ3) is 4.00. The average molecular weight is 439 g/mol. The lowest BCUT2D eigenvalue weighted by Crippen LogP contribution is -2.44. The summed E-state index contributed by atoms with van der Waals surface area (Å²) in [6, 6.07) is 7.00. The van der Waals surface area contributed by atoms with E-state index < -0.39 is 18.6 Å². The molecule has 0 aromatic carbocycles. The first-order valence-corrected chi connectivity index (χ1v) is 9.57. The quantitative estimate of drug-likeness (QED) is 0.745. The minimum Gasteiger partial charge on any atom is -0.366 e. The van der Waals surface area contributed by atoms with Crippen molar-refractivity contribution in [3.8, 4) is 0 Å². The maximum atomic E-state index is 12.5. The van der Waals surface area contributed by atoms with E-state index in [1.165, 1.54) is 0 Å². The summed E-state index contributed by atoms with van der Waals surface area (Å²) in [6.45, 7) is 4.11. The van der Waals surface area contributed by atoms with Crippen LogP contribution in [0.5, 0.6) is 0 Å². The molecule has 0 spiro atoms. The number of aromatic nitrogens is 2. The maximum absolute atomic E-state index is 12.5. The molecule has 2 aliphatic rings. The van der Waals surface area contributed by atoms with Gasteiger partial charge in [-0.25, -0.2) is 9.97 Å². The Bertz CT molecular complexity index is 984. The number of hydrogen-bond acceptors (Lipinski definition) is 6. The van der Waals surface area contributed by atoms with Gasteiger partial charge in [-0.3, -0.25) is 4.79 Å². The number of nitrogens with zero attached hydrogens (tertiary/aromatic N) is 4. The van der Waals surface area contributed by atoms with Crippen molar-refractivity contribution >= 4 is 34.8 Å². The van der Waals surface area contributed by atoms with Crippen LogP contribution in [0.25, 0.3) is 0 Å². The molecule has 1 fully saturated rings. The van der Waals surface area contributed by atoms with Gasteiger partial charge < -0.3 is 20.4 Å². The van der Waals surface area contributed by atoms with Crippen molar-refractivity contribution in [1.82, 2.24) is 15.3 Å². The fourth-order valence-corrected chi connectivity index (χ4v) is 3.87. The molecular weight excluding hydrogens is 421 g/mol. The molecule has 0 saturated carbocycles. The van der Waals surface area contributed by atoms with Crippen molar-refractivity contribution in [2.24, 2.45) is 0 Å². The van der Waals surface area contributed by atoms with E-state index >= 15 is 0 Å². The Hall–Kier alpha value is -3.01. The molecule has 0 aliphatic carbocycles. The molecule has 4 heterocycles. The van der Waals surface area contributed by atoms with Gasteiger partial charge in [0.15, 0.2) is 5.82 Å². The molecule has 2 bridgehead atoms. The molecular formula is C19H18ClF3N6O. The number of carbonyl (C=O) groups excluding carboxylic acids is 1. The summed E-state index contributed by atoms with van der Waals surface area (Å²) in [4.78, 5) is 24.8. The molecule has 1 atom stereocenters. The Morgan fingerprint density at radius 3 is 2.87 bits per heavy atom. The third-order valence-corrected chi connectivity index (χ3v) is 5.21. The zero-order chi connectivity index (χ0) is 21.5. The zero-order valence-corrected chi connectivity index (χ0v) is 16.5. The highest BCUT2D eigenvalue weighted by atomic mass is 35.5. The topological polar surface area (TPSA) is 73.4 Å². The highest BCUT2D eigenvalue weighted by molar-refractivity contribution is 6.34. The second-order valence-electron chi connectivity index (χ2n) is 7.00. The van der Waals surface area contributed by atoms with Crippen LogP contribution in [-0.2, 0) is 0 Å². The zero-order valence-electron chi connectivity index (χ0n) is 15.7. The van der Waals surface area contributed by atoms with E-state index in [9.17, 15) is 18.0 Å². The minimum atomic E-state index is -4.53. The fourth-order valence-electron chi connectivity index (χ4n) is 3.64. The number of nitrogens with one attached hydrogen (secondary N) is 2. The second-order valence-corrected chi connectivity index (χ2v) is 7.41. The van der Waals surface area contributed by atoms with Crippen molar-refractivity contribution in [1.29, 1.82) is 0 Å². The lowest BCUT2D eigenvalue weighted by molar-refractivity contribution is -0.123. The highest BCUT2D eigenvalue weighted by Gasteiger charge is 2.39. The van der Waals surface area contributed by atoms with Crippen molar-refractivity contribution in [2.75, 3.05) is 34.8 Å². The van der Waals surface area contributed by atoms with Gasteiger partial charge >= 0.3 is 6.18 Å². The summed E-state index contributed by atoms with van der Waals surface area (Å²) in [5, 5.41) is 4.93. The molecule has 2 aromatic rings. The predicted octanol–water partition coefficient (Wildman–Crippen LogP) is 3.40. The van der Waals surface area contributed by atoms with Crippen LogP contribution in [0.1, 0.15) is 16.9 Å². The van der Waals surface area contributed by atoms with Crippen LogP contribution < -0.4 is 20.4 Å². The van der Waals surface area contributed by atoms with Crippen LogP contribution in [0, 0.1) is 0 Å². The summed E-state index contributed by atoms with van der Waals surface area (Å²) in [5.74, 6) is 0.509. The van der Waals surface area contributed by atoms with E-state index in [4.69, 9.17) is 11.6 Å². The molecule has 2 aliphatic heterocycles. The minimum absolute atomic E-state index is 0.0120. The molecule has 4 rings (SSSR count). The first kappa shape index (κ1) is 20.3. The summed E-state index contributed by atoms with van der Waals surface area (Å²) in [7, 11) is 0. The Kier molecular flexibility index (Phi) is 5.19. The van der Waals surface area contributed by atoms with Gasteiger partial charge in [0.2, 0.25) is 0 Å². The number of pyridine rings is 2. The van der Waals surface area contributed by atoms with Crippen molar-refractivity contribution in [3.05, 3.63) is 53.6 Å². The summed E-state index contributed by atoms with van der Waals surface area (Å²) in [5.41, 5.74) is 0.433. The molecule has 2 aromatic heterocycles. The van der Waals surface area contributed by atoms with Crippen LogP contribution in [0.15, 0.2) is 42.9 Å². The summed E-state index contributed by atoms with van der Waals surface area (Å²) >= 11 is 6.20. The van der Waals surface area contributed by atoms with E-state index in [2.05, 4.69) is 26.8 Å². The summed E-state index contributed by atoms with van der Waals surface area (Å²) < 4.78 is 37.4. The van der Waals surface area contributed by atoms with Gasteiger partial charge in [0.25, 0.3) is 5.91 Å². The first-order chi connectivity index (χ1) is 14.2. The summed E-state index contributed by atoms with van der Waals surface area (Å²) in [6.07, 6.45) is -2.07. The third-order valence-electron chi connectivity index (χ3n) is 4.93. The lowest BCUT2D eigenvalue weighted by Gasteiger charge is -2.38. The van der Waals surface area contributed by atoms with E-state index in [1.807, 2.05) is 16.3 Å². The van der Waals surface area contributed by atoms with E-state index in [0.29, 0.717) is 29.7 Å². The van der Waals surface area contributed by atoms with Crippen LogP contribution in [0.3, 0.4) is 0 Å². The highest BCUT2D eigenvalue weighted by Crippen LogP contribution is 2.42. The molecule has 11 heteroatoms. The maximum Gasteiger partial charge on any atom is 0.405 e. The smallest absolute Gasteiger partial charge is 0.366 e. The fraction of sp³-hybridized carbons (Fsp3) is 0.316. The molecule has 1 amide bonds. The largest absolute Gasteiger partial charge is 0.405 e. The number of alkyl halides is 3. The lowest BCUT2D eigenvalue weighted by atomic mass is 10.1. The molecule has 158 valence electrons. The standard InChI is InChI=1S/C19H18ClF3N6O/c1-11(26-15-4-2-3-6-24-15)29-12-5-7-28(9-12)14-8-13(20)16(27-17(14)29)18(30)25-10-19(21,22)23/h2-4,6,8,12H,1,5,7,9-10H2,(H,24,26)(H,25,30)/t12-/m0/s1. The average Bonchev–Trinajstić information content (AvgIpc) is 3.11. The predicted molar refractivity (Wildman–Crippen MR) is 108 cm³/mol. The van der Waals surface area contributed by atoms with Gasteiger partial charge in [0.1, 0.15) is 23.9 Å². The number of amides is 1. The number of anilines is 3. The second kappa shape index (κ2) is 7.67. The number of fused-ring (bicyclic) bond motifs is 4. The molecule has 30 heavy (non-hydrogen) atoms. The van der Waals surface area contributed by atoms with Gasteiger partial charge in [-0.15, -0.1) is 0 Å². The van der Waals surface area contributed by atoms with Crippen LogP contribution in [0.2, 0.25) is 5.02 Å². The van der Waals surface area contributed by atoms with Gasteiger partial charge in [0.05, 0.1) is 16.8 Å².